The predicted molar refractivity (Wildman–Crippen MR) is 85.6 cm³/mol. The summed E-state index contributed by atoms with van der Waals surface area (Å²) >= 11 is 0. The lowest BCUT2D eigenvalue weighted by Gasteiger charge is -2.16. The number of unbranched alkanes of at least 4 members (excludes halogenated alkanes) is 1. The fourth-order valence-electron chi connectivity index (χ4n) is 2.76. The van der Waals surface area contributed by atoms with E-state index in [4.69, 9.17) is 9.26 Å². The normalized spacial score (nSPS) is 17.7. The number of hydrogen-bond donors (Lipinski definition) is 0. The zero-order chi connectivity index (χ0) is 16.2. The molecule has 0 unspecified atom stereocenters. The average molecular weight is 315 g/mol. The molecule has 1 aromatic heterocycles. The fraction of sp³-hybridized carbons (Fsp3) is 0.471. The van der Waals surface area contributed by atoms with Crippen LogP contribution in [0.5, 0.6) is 5.75 Å². The van der Waals surface area contributed by atoms with Crippen LogP contribution in [0.25, 0.3) is 0 Å². The number of aryl methyl sites for hydroxylation is 1. The fourth-order valence-corrected chi connectivity index (χ4v) is 2.76. The van der Waals surface area contributed by atoms with Crippen LogP contribution in [-0.2, 0) is 11.2 Å². The van der Waals surface area contributed by atoms with Crippen molar-refractivity contribution in [3.8, 4) is 5.75 Å². The summed E-state index contributed by atoms with van der Waals surface area (Å²) in [6.45, 7) is 2.71. The maximum atomic E-state index is 12.3. The van der Waals surface area contributed by atoms with E-state index < -0.39 is 0 Å². The summed E-state index contributed by atoms with van der Waals surface area (Å²) in [7, 11) is 1.62. The van der Waals surface area contributed by atoms with Gasteiger partial charge in [0.05, 0.1) is 7.11 Å². The highest BCUT2D eigenvalue weighted by molar-refractivity contribution is 5.96. The number of hydrogen-bond acceptors (Lipinski definition) is 5. The molecule has 0 bridgehead atoms. The number of ether oxygens (including phenoxy) is 1. The Bertz CT molecular complexity index is 666. The summed E-state index contributed by atoms with van der Waals surface area (Å²) in [6.07, 6.45) is 3.33. The smallest absolute Gasteiger partial charge is 0.227 e. The lowest BCUT2D eigenvalue weighted by Crippen LogP contribution is -2.24. The Morgan fingerprint density at radius 1 is 1.35 bits per heavy atom. The minimum Gasteiger partial charge on any atom is -0.497 e. The first-order valence-electron chi connectivity index (χ1n) is 7.98. The lowest BCUT2D eigenvalue weighted by atomic mass is 10.1. The van der Waals surface area contributed by atoms with Crippen LogP contribution in [0, 0.1) is 0 Å². The van der Waals surface area contributed by atoms with E-state index in [2.05, 4.69) is 17.1 Å². The molecular weight excluding hydrogens is 294 g/mol. The van der Waals surface area contributed by atoms with Gasteiger partial charge in [0, 0.05) is 31.0 Å². The molecule has 1 aliphatic heterocycles. The van der Waals surface area contributed by atoms with Crippen molar-refractivity contribution >= 4 is 11.6 Å². The van der Waals surface area contributed by atoms with E-state index in [0.29, 0.717) is 24.7 Å². The van der Waals surface area contributed by atoms with Crippen molar-refractivity contribution in [3.63, 3.8) is 0 Å². The summed E-state index contributed by atoms with van der Waals surface area (Å²) in [6, 6.07) is 7.49. The van der Waals surface area contributed by atoms with Gasteiger partial charge in [0.1, 0.15) is 5.75 Å². The molecule has 2 heterocycles. The Hall–Kier alpha value is -2.37. The van der Waals surface area contributed by atoms with Gasteiger partial charge >= 0.3 is 0 Å². The van der Waals surface area contributed by atoms with Crippen molar-refractivity contribution in [2.45, 2.75) is 38.5 Å². The maximum Gasteiger partial charge on any atom is 0.227 e. The minimum absolute atomic E-state index is 0.0104. The monoisotopic (exact) mass is 315 g/mol. The Labute approximate surface area is 135 Å². The third kappa shape index (κ3) is 3.36. The molecule has 1 amide bonds. The first-order valence-corrected chi connectivity index (χ1v) is 7.98. The van der Waals surface area contributed by atoms with Crippen LogP contribution >= 0.6 is 0 Å². The number of aromatic nitrogens is 2. The van der Waals surface area contributed by atoms with E-state index in [0.717, 1.165) is 30.7 Å². The quantitative estimate of drug-likeness (QED) is 0.820. The predicted octanol–water partition coefficient (Wildman–Crippen LogP) is 2.94. The Morgan fingerprint density at radius 2 is 2.13 bits per heavy atom. The summed E-state index contributed by atoms with van der Waals surface area (Å²) < 4.78 is 10.4. The third-order valence-electron chi connectivity index (χ3n) is 4.10. The highest BCUT2D eigenvalue weighted by Crippen LogP contribution is 2.31. The van der Waals surface area contributed by atoms with E-state index >= 15 is 0 Å². The SMILES string of the molecule is CCCCc1nc([C@H]2CC(=O)N(c3ccc(OC)cc3)C2)no1. The highest BCUT2D eigenvalue weighted by atomic mass is 16.5. The van der Waals surface area contributed by atoms with E-state index in [1.807, 2.05) is 24.3 Å². The van der Waals surface area contributed by atoms with Crippen molar-refractivity contribution in [3.05, 3.63) is 36.0 Å². The van der Waals surface area contributed by atoms with Crippen molar-refractivity contribution < 1.29 is 14.1 Å². The van der Waals surface area contributed by atoms with Crippen LogP contribution < -0.4 is 9.64 Å². The molecule has 1 aromatic carbocycles. The number of benzene rings is 1. The van der Waals surface area contributed by atoms with E-state index in [9.17, 15) is 4.79 Å². The molecule has 0 saturated carbocycles. The summed E-state index contributed by atoms with van der Waals surface area (Å²) in [4.78, 5) is 18.5. The molecule has 0 radical (unpaired) electrons. The second-order valence-corrected chi connectivity index (χ2v) is 5.75. The van der Waals surface area contributed by atoms with Gasteiger partial charge in [0.2, 0.25) is 11.8 Å². The highest BCUT2D eigenvalue weighted by Gasteiger charge is 2.34. The number of nitrogens with zero attached hydrogens (tertiary/aromatic N) is 3. The summed E-state index contributed by atoms with van der Waals surface area (Å²) in [5.41, 5.74) is 0.869. The van der Waals surface area contributed by atoms with Crippen LogP contribution in [0.4, 0.5) is 5.69 Å². The average Bonchev–Trinajstić information content (AvgIpc) is 3.19. The molecule has 0 N–H and O–H groups in total. The van der Waals surface area contributed by atoms with Gasteiger partial charge in [0.25, 0.3) is 0 Å². The number of amides is 1. The molecule has 1 fully saturated rings. The minimum atomic E-state index is -0.0104. The largest absolute Gasteiger partial charge is 0.497 e. The second kappa shape index (κ2) is 6.81. The lowest BCUT2D eigenvalue weighted by molar-refractivity contribution is -0.117. The number of rotatable bonds is 6. The summed E-state index contributed by atoms with van der Waals surface area (Å²) in [5, 5.41) is 4.06. The van der Waals surface area contributed by atoms with Gasteiger partial charge < -0.3 is 14.2 Å². The third-order valence-corrected chi connectivity index (χ3v) is 4.10. The number of methoxy groups -OCH3 is 1. The van der Waals surface area contributed by atoms with E-state index in [1.54, 1.807) is 12.0 Å². The number of carbonyl (C=O) groups is 1. The molecular formula is C17H21N3O3. The molecule has 0 spiro atoms. The molecule has 122 valence electrons. The van der Waals surface area contributed by atoms with Crippen molar-refractivity contribution in [2.24, 2.45) is 0 Å². The van der Waals surface area contributed by atoms with E-state index in [1.165, 1.54) is 0 Å². The second-order valence-electron chi connectivity index (χ2n) is 5.75. The van der Waals surface area contributed by atoms with Crippen molar-refractivity contribution in [1.82, 2.24) is 10.1 Å². The van der Waals surface area contributed by atoms with Gasteiger partial charge in [-0.25, -0.2) is 0 Å². The standard InChI is InChI=1S/C17H21N3O3/c1-3-4-5-15-18-17(19-23-15)12-10-16(21)20(11-12)13-6-8-14(22-2)9-7-13/h6-9,12H,3-5,10-11H2,1-2H3/t12-/m0/s1. The van der Waals surface area contributed by atoms with Gasteiger partial charge in [-0.05, 0) is 30.7 Å². The number of carbonyl (C=O) groups excluding carboxylic acids is 1. The first-order chi connectivity index (χ1) is 11.2. The zero-order valence-corrected chi connectivity index (χ0v) is 13.5. The number of anilines is 1. The van der Waals surface area contributed by atoms with Gasteiger partial charge in [-0.2, -0.15) is 4.98 Å². The molecule has 3 rings (SSSR count). The molecule has 1 saturated heterocycles. The Balaban J connectivity index is 1.70. The zero-order valence-electron chi connectivity index (χ0n) is 13.5. The topological polar surface area (TPSA) is 68.5 Å². The summed E-state index contributed by atoms with van der Waals surface area (Å²) in [5.74, 6) is 2.15. The van der Waals surface area contributed by atoms with Gasteiger partial charge in [-0.15, -0.1) is 0 Å². The molecule has 6 nitrogen and oxygen atoms in total. The molecule has 6 heteroatoms. The van der Waals surface area contributed by atoms with Gasteiger partial charge in [0.15, 0.2) is 5.82 Å². The Morgan fingerprint density at radius 3 is 2.83 bits per heavy atom. The van der Waals surface area contributed by atoms with Crippen LogP contribution in [0.15, 0.2) is 28.8 Å². The van der Waals surface area contributed by atoms with Crippen molar-refractivity contribution in [1.29, 1.82) is 0 Å². The maximum absolute atomic E-state index is 12.3. The first kappa shape index (κ1) is 15.5. The van der Waals surface area contributed by atoms with Gasteiger partial charge in [-0.1, -0.05) is 18.5 Å². The molecule has 23 heavy (non-hydrogen) atoms. The van der Waals surface area contributed by atoms with Crippen molar-refractivity contribution in [2.75, 3.05) is 18.6 Å². The van der Waals surface area contributed by atoms with E-state index in [-0.39, 0.29) is 11.8 Å². The van der Waals surface area contributed by atoms with Crippen LogP contribution in [0.1, 0.15) is 43.8 Å². The molecule has 1 atom stereocenters. The molecule has 2 aromatic rings. The molecule has 1 aliphatic rings. The Kier molecular flexibility index (Phi) is 4.60. The van der Waals surface area contributed by atoms with Crippen LogP contribution in [0.3, 0.4) is 0 Å². The van der Waals surface area contributed by atoms with Crippen LogP contribution in [-0.4, -0.2) is 29.7 Å². The molecule has 0 aliphatic carbocycles. The van der Waals surface area contributed by atoms with Gasteiger partial charge in [-0.3, -0.25) is 4.79 Å². The van der Waals surface area contributed by atoms with Crippen LogP contribution in [0.2, 0.25) is 0 Å².